The van der Waals surface area contributed by atoms with Gasteiger partial charge in [-0.2, -0.15) is 0 Å². The summed E-state index contributed by atoms with van der Waals surface area (Å²) in [5, 5.41) is 2.66. The number of rotatable bonds is 3. The highest BCUT2D eigenvalue weighted by atomic mass is 16.6. The molecular formula is C17H24N2O3. The van der Waals surface area contributed by atoms with Gasteiger partial charge in [0, 0.05) is 6.20 Å². The standard InChI is InChI=1S/C17H24N2O3/c1-12(2)21-15-8-7-11-18-14(15)10-9-13(3)19-16(20)22-17(4,5)6/h7-8,11-13H,1-6H3,(H,19,20)/t13-/m1/s1. The number of pyridine rings is 1. The monoisotopic (exact) mass is 304 g/mol. The molecule has 22 heavy (non-hydrogen) atoms. The molecular weight excluding hydrogens is 280 g/mol. The first-order chi connectivity index (χ1) is 10.2. The Morgan fingerprint density at radius 2 is 2.00 bits per heavy atom. The lowest BCUT2D eigenvalue weighted by molar-refractivity contribution is 0.0519. The predicted molar refractivity (Wildman–Crippen MR) is 85.7 cm³/mol. The van der Waals surface area contributed by atoms with E-state index >= 15 is 0 Å². The zero-order valence-corrected chi connectivity index (χ0v) is 14.1. The second-order valence-electron chi connectivity index (χ2n) is 6.15. The van der Waals surface area contributed by atoms with Gasteiger partial charge in [0.15, 0.2) is 11.4 Å². The summed E-state index contributed by atoms with van der Waals surface area (Å²) < 4.78 is 10.8. The number of aromatic nitrogens is 1. The van der Waals surface area contributed by atoms with Crippen LogP contribution in [0, 0.1) is 11.8 Å². The molecule has 0 bridgehead atoms. The van der Waals surface area contributed by atoms with Gasteiger partial charge in [0.25, 0.3) is 0 Å². The van der Waals surface area contributed by atoms with E-state index in [9.17, 15) is 4.79 Å². The van der Waals surface area contributed by atoms with E-state index in [0.717, 1.165) is 0 Å². The summed E-state index contributed by atoms with van der Waals surface area (Å²) in [7, 11) is 0. The van der Waals surface area contributed by atoms with E-state index in [1.54, 1.807) is 19.2 Å². The molecule has 0 aliphatic heterocycles. The summed E-state index contributed by atoms with van der Waals surface area (Å²) in [5.74, 6) is 6.49. The normalized spacial score (nSPS) is 12.1. The summed E-state index contributed by atoms with van der Waals surface area (Å²) in [5.41, 5.74) is 0.0188. The van der Waals surface area contributed by atoms with Crippen LogP contribution in [0.1, 0.15) is 47.2 Å². The maximum absolute atomic E-state index is 11.7. The number of ether oxygens (including phenoxy) is 2. The van der Waals surface area contributed by atoms with E-state index in [-0.39, 0.29) is 12.1 Å². The van der Waals surface area contributed by atoms with Gasteiger partial charge in [0.05, 0.1) is 12.1 Å². The third kappa shape index (κ3) is 6.98. The largest absolute Gasteiger partial charge is 0.488 e. The van der Waals surface area contributed by atoms with Crippen molar-refractivity contribution in [2.75, 3.05) is 0 Å². The Labute approximate surface area is 132 Å². The zero-order valence-electron chi connectivity index (χ0n) is 14.1. The third-order valence-corrected chi connectivity index (χ3v) is 2.27. The van der Waals surface area contributed by atoms with Crippen LogP contribution < -0.4 is 10.1 Å². The number of nitrogens with zero attached hydrogens (tertiary/aromatic N) is 1. The maximum Gasteiger partial charge on any atom is 0.408 e. The van der Waals surface area contributed by atoms with Gasteiger partial charge >= 0.3 is 6.09 Å². The zero-order chi connectivity index (χ0) is 16.8. The van der Waals surface area contributed by atoms with E-state index in [1.807, 2.05) is 40.7 Å². The van der Waals surface area contributed by atoms with Gasteiger partial charge in [0.1, 0.15) is 5.60 Å². The van der Waals surface area contributed by atoms with Crippen molar-refractivity contribution in [2.45, 2.75) is 59.3 Å². The van der Waals surface area contributed by atoms with Crippen molar-refractivity contribution in [3.63, 3.8) is 0 Å². The Balaban J connectivity index is 2.72. The SMILES string of the molecule is CC(C)Oc1cccnc1C#C[C@@H](C)NC(=O)OC(C)(C)C. The fraction of sp³-hybridized carbons (Fsp3) is 0.529. The molecule has 0 fully saturated rings. The summed E-state index contributed by atoms with van der Waals surface area (Å²) in [4.78, 5) is 15.9. The molecule has 1 rings (SSSR count). The molecule has 0 aliphatic carbocycles. The quantitative estimate of drug-likeness (QED) is 0.872. The Morgan fingerprint density at radius 1 is 1.32 bits per heavy atom. The molecule has 5 heteroatoms. The highest BCUT2D eigenvalue weighted by Gasteiger charge is 2.16. The van der Waals surface area contributed by atoms with Crippen LogP contribution in [0.3, 0.4) is 0 Å². The molecule has 0 saturated heterocycles. The van der Waals surface area contributed by atoms with Crippen molar-refractivity contribution in [2.24, 2.45) is 0 Å². The number of carbonyl (C=O) groups is 1. The molecule has 1 atom stereocenters. The molecule has 1 heterocycles. The highest BCUT2D eigenvalue weighted by molar-refractivity contribution is 5.68. The summed E-state index contributed by atoms with van der Waals surface area (Å²) in [6.07, 6.45) is 1.21. The average molecular weight is 304 g/mol. The Bertz CT molecular complexity index is 565. The van der Waals surface area contributed by atoms with Crippen LogP contribution in [0.4, 0.5) is 4.79 Å². The van der Waals surface area contributed by atoms with Crippen LogP contribution in [-0.2, 0) is 4.74 Å². The lowest BCUT2D eigenvalue weighted by atomic mass is 10.2. The lowest BCUT2D eigenvalue weighted by Gasteiger charge is -2.20. The highest BCUT2D eigenvalue weighted by Crippen LogP contribution is 2.15. The molecule has 1 aromatic rings. The van der Waals surface area contributed by atoms with Gasteiger partial charge in [-0.15, -0.1) is 0 Å². The van der Waals surface area contributed by atoms with Gasteiger partial charge in [0.2, 0.25) is 0 Å². The van der Waals surface area contributed by atoms with Gasteiger partial charge in [-0.1, -0.05) is 5.92 Å². The van der Waals surface area contributed by atoms with E-state index in [4.69, 9.17) is 9.47 Å². The number of hydrogen-bond donors (Lipinski definition) is 1. The number of hydrogen-bond acceptors (Lipinski definition) is 4. The van der Waals surface area contributed by atoms with Crippen LogP contribution in [0.5, 0.6) is 5.75 Å². The van der Waals surface area contributed by atoms with Crippen LogP contribution in [0.2, 0.25) is 0 Å². The predicted octanol–water partition coefficient (Wildman–Crippen LogP) is 3.13. The molecule has 0 saturated carbocycles. The fourth-order valence-corrected chi connectivity index (χ4v) is 1.53. The van der Waals surface area contributed by atoms with E-state index in [1.165, 1.54) is 0 Å². The molecule has 120 valence electrons. The van der Waals surface area contributed by atoms with Crippen LogP contribution >= 0.6 is 0 Å². The van der Waals surface area contributed by atoms with Crippen molar-refractivity contribution in [1.29, 1.82) is 0 Å². The summed E-state index contributed by atoms with van der Waals surface area (Å²) in [6.45, 7) is 11.1. The van der Waals surface area contributed by atoms with Crippen LogP contribution in [0.25, 0.3) is 0 Å². The first-order valence-corrected chi connectivity index (χ1v) is 7.30. The van der Waals surface area contributed by atoms with Crippen molar-refractivity contribution in [1.82, 2.24) is 10.3 Å². The molecule has 1 aromatic heterocycles. The lowest BCUT2D eigenvalue weighted by Crippen LogP contribution is -2.37. The molecule has 1 N–H and O–H groups in total. The number of carbonyl (C=O) groups excluding carboxylic acids is 1. The van der Waals surface area contributed by atoms with Crippen LogP contribution in [-0.4, -0.2) is 28.8 Å². The van der Waals surface area contributed by atoms with Gasteiger partial charge in [-0.05, 0) is 59.6 Å². The maximum atomic E-state index is 11.7. The second-order valence-corrected chi connectivity index (χ2v) is 6.15. The number of nitrogens with one attached hydrogen (secondary N) is 1. The minimum absolute atomic E-state index is 0.0436. The van der Waals surface area contributed by atoms with E-state index < -0.39 is 11.7 Å². The molecule has 0 spiro atoms. The molecule has 5 nitrogen and oxygen atoms in total. The Morgan fingerprint density at radius 3 is 2.59 bits per heavy atom. The Hall–Kier alpha value is -2.22. The van der Waals surface area contributed by atoms with Crippen LogP contribution in [0.15, 0.2) is 18.3 Å². The number of alkyl carbamates (subject to hydrolysis) is 1. The van der Waals surface area contributed by atoms with Gasteiger partial charge in [-0.3, -0.25) is 0 Å². The first kappa shape index (κ1) is 17.8. The van der Waals surface area contributed by atoms with E-state index in [2.05, 4.69) is 22.1 Å². The van der Waals surface area contributed by atoms with Crippen molar-refractivity contribution in [3.05, 3.63) is 24.0 Å². The topological polar surface area (TPSA) is 60.5 Å². The molecule has 0 unspecified atom stereocenters. The first-order valence-electron chi connectivity index (χ1n) is 7.30. The molecule has 0 aromatic carbocycles. The smallest absolute Gasteiger partial charge is 0.408 e. The third-order valence-electron chi connectivity index (χ3n) is 2.27. The summed E-state index contributed by atoms with van der Waals surface area (Å²) >= 11 is 0. The van der Waals surface area contributed by atoms with Gasteiger partial charge < -0.3 is 14.8 Å². The molecule has 0 aliphatic rings. The van der Waals surface area contributed by atoms with Crippen molar-refractivity contribution < 1.29 is 14.3 Å². The average Bonchev–Trinajstić information content (AvgIpc) is 2.34. The van der Waals surface area contributed by atoms with Gasteiger partial charge in [-0.25, -0.2) is 9.78 Å². The number of amides is 1. The molecule has 0 radical (unpaired) electrons. The molecule has 1 amide bonds. The van der Waals surface area contributed by atoms with E-state index in [0.29, 0.717) is 11.4 Å². The minimum Gasteiger partial charge on any atom is -0.488 e. The fourth-order valence-electron chi connectivity index (χ4n) is 1.53. The van der Waals surface area contributed by atoms with Crippen molar-refractivity contribution in [3.8, 4) is 17.6 Å². The second kappa shape index (κ2) is 7.69. The summed E-state index contributed by atoms with van der Waals surface area (Å²) in [6, 6.07) is 3.26. The minimum atomic E-state index is -0.531. The van der Waals surface area contributed by atoms with Crippen molar-refractivity contribution >= 4 is 6.09 Å². The Kier molecular flexibility index (Phi) is 6.24.